The lowest BCUT2D eigenvalue weighted by molar-refractivity contribution is -0.133. The molecular weight excluding hydrogens is 342 g/mol. The predicted octanol–water partition coefficient (Wildman–Crippen LogP) is 1.97. The molecule has 1 heterocycles. The number of nitrogens with zero attached hydrogens (tertiary/aromatic N) is 2. The van der Waals surface area contributed by atoms with Crippen LogP contribution in [0.1, 0.15) is 37.7 Å². The number of hydrogen-bond acceptors (Lipinski definition) is 4. The quantitative estimate of drug-likeness (QED) is 0.672. The highest BCUT2D eigenvalue weighted by atomic mass is 16.5. The van der Waals surface area contributed by atoms with Crippen LogP contribution in [-0.2, 0) is 9.59 Å². The van der Waals surface area contributed by atoms with E-state index in [0.717, 1.165) is 57.6 Å². The molecule has 1 aliphatic heterocycles. The standard InChI is InChI=1S/C21H31N3O3/c1-17-5-4-6-19(15-17)27-14-3-2-7-21(26)24-12-10-23(11-13-24)16-20(25)22-18-8-9-18/h4-6,15,18H,2-3,7-14,16H2,1H3,(H,22,25). The summed E-state index contributed by atoms with van der Waals surface area (Å²) in [6, 6.07) is 8.43. The molecule has 0 aromatic heterocycles. The van der Waals surface area contributed by atoms with Gasteiger partial charge in [0.1, 0.15) is 5.75 Å². The number of aryl methyl sites for hydroxylation is 1. The van der Waals surface area contributed by atoms with E-state index in [1.165, 1.54) is 5.56 Å². The zero-order chi connectivity index (χ0) is 19.1. The minimum atomic E-state index is 0.117. The summed E-state index contributed by atoms with van der Waals surface area (Å²) in [5.41, 5.74) is 1.19. The first-order valence-electron chi connectivity index (χ1n) is 10.1. The van der Waals surface area contributed by atoms with E-state index in [1.54, 1.807) is 0 Å². The number of rotatable bonds is 9. The van der Waals surface area contributed by atoms with Gasteiger partial charge in [-0.3, -0.25) is 14.5 Å². The van der Waals surface area contributed by atoms with Crippen LogP contribution >= 0.6 is 0 Å². The van der Waals surface area contributed by atoms with Crippen LogP contribution in [0.15, 0.2) is 24.3 Å². The maximum atomic E-state index is 12.3. The molecule has 148 valence electrons. The van der Waals surface area contributed by atoms with Crippen molar-refractivity contribution in [2.45, 2.75) is 45.1 Å². The Labute approximate surface area is 161 Å². The van der Waals surface area contributed by atoms with E-state index < -0.39 is 0 Å². The van der Waals surface area contributed by atoms with Crippen LogP contribution < -0.4 is 10.1 Å². The molecule has 2 amide bonds. The lowest BCUT2D eigenvalue weighted by Crippen LogP contribution is -2.51. The fourth-order valence-corrected chi connectivity index (χ4v) is 3.29. The second kappa shape index (κ2) is 9.74. The van der Waals surface area contributed by atoms with Crippen LogP contribution in [0, 0.1) is 6.92 Å². The van der Waals surface area contributed by atoms with E-state index in [0.29, 0.717) is 25.6 Å². The Bertz CT molecular complexity index is 637. The molecule has 1 aromatic rings. The van der Waals surface area contributed by atoms with E-state index in [1.807, 2.05) is 36.1 Å². The molecule has 0 unspecified atom stereocenters. The van der Waals surface area contributed by atoms with E-state index in [4.69, 9.17) is 4.74 Å². The first-order chi connectivity index (χ1) is 13.1. The fourth-order valence-electron chi connectivity index (χ4n) is 3.29. The van der Waals surface area contributed by atoms with Gasteiger partial charge in [-0.05, 0) is 50.3 Å². The number of amides is 2. The maximum Gasteiger partial charge on any atom is 0.234 e. The Morgan fingerprint density at radius 2 is 1.93 bits per heavy atom. The summed E-state index contributed by atoms with van der Waals surface area (Å²) in [6.45, 7) is 6.13. The van der Waals surface area contributed by atoms with Crippen LogP contribution in [0.2, 0.25) is 0 Å². The van der Waals surface area contributed by atoms with Crippen molar-refractivity contribution in [2.75, 3.05) is 39.3 Å². The van der Waals surface area contributed by atoms with Gasteiger partial charge >= 0.3 is 0 Å². The van der Waals surface area contributed by atoms with Crippen molar-refractivity contribution in [3.8, 4) is 5.75 Å². The Balaban J connectivity index is 1.25. The molecule has 6 nitrogen and oxygen atoms in total. The molecule has 0 bridgehead atoms. The maximum absolute atomic E-state index is 12.3. The SMILES string of the molecule is Cc1cccc(OCCCCC(=O)N2CCN(CC(=O)NC3CC3)CC2)c1. The number of carbonyl (C=O) groups is 2. The lowest BCUT2D eigenvalue weighted by Gasteiger charge is -2.34. The number of nitrogens with one attached hydrogen (secondary N) is 1. The van der Waals surface area contributed by atoms with Crippen molar-refractivity contribution in [1.29, 1.82) is 0 Å². The summed E-state index contributed by atoms with van der Waals surface area (Å²) in [5, 5.41) is 3.02. The van der Waals surface area contributed by atoms with Crippen LogP contribution in [0.5, 0.6) is 5.75 Å². The third-order valence-corrected chi connectivity index (χ3v) is 5.08. The smallest absolute Gasteiger partial charge is 0.234 e. The molecule has 2 fully saturated rings. The summed E-state index contributed by atoms with van der Waals surface area (Å²) in [7, 11) is 0. The first-order valence-corrected chi connectivity index (χ1v) is 10.1. The van der Waals surface area contributed by atoms with E-state index in [9.17, 15) is 9.59 Å². The Hall–Kier alpha value is -2.08. The lowest BCUT2D eigenvalue weighted by atomic mass is 10.2. The Morgan fingerprint density at radius 3 is 2.63 bits per heavy atom. The minimum Gasteiger partial charge on any atom is -0.494 e. The first kappa shape index (κ1) is 19.7. The highest BCUT2D eigenvalue weighted by Crippen LogP contribution is 2.18. The Kier molecular flexibility index (Phi) is 7.10. The number of hydrogen-bond donors (Lipinski definition) is 1. The van der Waals surface area contributed by atoms with Crippen molar-refractivity contribution < 1.29 is 14.3 Å². The number of piperazine rings is 1. The molecule has 1 aliphatic carbocycles. The predicted molar refractivity (Wildman–Crippen MR) is 105 cm³/mol. The van der Waals surface area contributed by atoms with Crippen molar-refractivity contribution in [2.24, 2.45) is 0 Å². The van der Waals surface area contributed by atoms with Crippen molar-refractivity contribution in [3.63, 3.8) is 0 Å². The van der Waals surface area contributed by atoms with Gasteiger partial charge in [0.05, 0.1) is 13.2 Å². The number of carbonyl (C=O) groups excluding carboxylic acids is 2. The molecular formula is C21H31N3O3. The zero-order valence-electron chi connectivity index (χ0n) is 16.3. The molecule has 1 N–H and O–H groups in total. The number of benzene rings is 1. The molecule has 6 heteroatoms. The summed E-state index contributed by atoms with van der Waals surface area (Å²) in [4.78, 5) is 28.3. The molecule has 27 heavy (non-hydrogen) atoms. The highest BCUT2D eigenvalue weighted by molar-refractivity contribution is 5.79. The topological polar surface area (TPSA) is 61.9 Å². The second-order valence-electron chi connectivity index (χ2n) is 7.62. The van der Waals surface area contributed by atoms with Crippen molar-refractivity contribution in [3.05, 3.63) is 29.8 Å². The van der Waals surface area contributed by atoms with Crippen LogP contribution in [0.4, 0.5) is 0 Å². The molecule has 0 radical (unpaired) electrons. The summed E-state index contributed by atoms with van der Waals surface area (Å²) >= 11 is 0. The van der Waals surface area contributed by atoms with Crippen LogP contribution in [0.3, 0.4) is 0 Å². The monoisotopic (exact) mass is 373 g/mol. The van der Waals surface area contributed by atoms with E-state index in [-0.39, 0.29) is 11.8 Å². The molecule has 3 rings (SSSR count). The normalized spacial score (nSPS) is 17.6. The molecule has 2 aliphatic rings. The van der Waals surface area contributed by atoms with Gasteiger partial charge in [0, 0.05) is 38.6 Å². The van der Waals surface area contributed by atoms with Crippen molar-refractivity contribution in [1.82, 2.24) is 15.1 Å². The van der Waals surface area contributed by atoms with Gasteiger partial charge in [0.2, 0.25) is 11.8 Å². The van der Waals surface area contributed by atoms with Gasteiger partial charge in [0.15, 0.2) is 0 Å². The Morgan fingerprint density at radius 1 is 1.15 bits per heavy atom. The number of ether oxygens (including phenoxy) is 1. The third kappa shape index (κ3) is 6.86. The van der Waals surface area contributed by atoms with Gasteiger partial charge < -0.3 is 15.0 Å². The summed E-state index contributed by atoms with van der Waals surface area (Å²) in [5.74, 6) is 1.22. The van der Waals surface area contributed by atoms with Gasteiger partial charge in [0.25, 0.3) is 0 Å². The van der Waals surface area contributed by atoms with Gasteiger partial charge in [-0.2, -0.15) is 0 Å². The number of unbranched alkanes of at least 4 members (excludes halogenated alkanes) is 1. The van der Waals surface area contributed by atoms with E-state index >= 15 is 0 Å². The molecule has 1 saturated carbocycles. The largest absolute Gasteiger partial charge is 0.494 e. The van der Waals surface area contributed by atoms with Gasteiger partial charge in [-0.1, -0.05) is 12.1 Å². The molecule has 0 atom stereocenters. The zero-order valence-corrected chi connectivity index (χ0v) is 16.3. The van der Waals surface area contributed by atoms with Gasteiger partial charge in [-0.25, -0.2) is 0 Å². The molecule has 1 saturated heterocycles. The highest BCUT2D eigenvalue weighted by Gasteiger charge is 2.26. The van der Waals surface area contributed by atoms with Crippen LogP contribution in [0.25, 0.3) is 0 Å². The summed E-state index contributed by atoms with van der Waals surface area (Å²) < 4.78 is 5.73. The second-order valence-corrected chi connectivity index (χ2v) is 7.62. The van der Waals surface area contributed by atoms with Gasteiger partial charge in [-0.15, -0.1) is 0 Å². The average Bonchev–Trinajstić information content (AvgIpc) is 3.46. The van der Waals surface area contributed by atoms with Crippen LogP contribution in [-0.4, -0.2) is 67.0 Å². The minimum absolute atomic E-state index is 0.117. The van der Waals surface area contributed by atoms with E-state index in [2.05, 4.69) is 10.2 Å². The molecule has 0 spiro atoms. The molecule has 1 aromatic carbocycles. The third-order valence-electron chi connectivity index (χ3n) is 5.08. The average molecular weight is 373 g/mol. The van der Waals surface area contributed by atoms with Crippen molar-refractivity contribution >= 4 is 11.8 Å². The summed E-state index contributed by atoms with van der Waals surface area (Å²) in [6.07, 6.45) is 4.52. The fraction of sp³-hybridized carbons (Fsp3) is 0.619.